The Balaban J connectivity index is 0.00000420. The Bertz CT molecular complexity index is 648. The summed E-state index contributed by atoms with van der Waals surface area (Å²) in [4.78, 5) is 21.3. The number of carbonyl (C=O) groups is 1. The quantitative estimate of drug-likeness (QED) is 0.326. The van der Waals surface area contributed by atoms with E-state index < -0.39 is 0 Å². The fourth-order valence-corrected chi connectivity index (χ4v) is 3.62. The lowest BCUT2D eigenvalue weighted by Gasteiger charge is -2.36. The van der Waals surface area contributed by atoms with Crippen LogP contribution in [0.4, 0.5) is 0 Å². The van der Waals surface area contributed by atoms with Crippen LogP contribution in [-0.4, -0.2) is 78.7 Å². The van der Waals surface area contributed by atoms with Crippen LogP contribution in [0.5, 0.6) is 0 Å². The number of guanidine groups is 1. The molecule has 29 heavy (non-hydrogen) atoms. The Labute approximate surface area is 191 Å². The van der Waals surface area contributed by atoms with E-state index in [1.165, 1.54) is 0 Å². The molecule has 2 heterocycles. The summed E-state index contributed by atoms with van der Waals surface area (Å²) in [5.74, 6) is 2.16. The average molecular weight is 520 g/mol. The van der Waals surface area contributed by atoms with Crippen molar-refractivity contribution in [1.29, 1.82) is 0 Å². The number of halogens is 1. The summed E-state index contributed by atoms with van der Waals surface area (Å²) in [7, 11) is 0. The molecule has 8 nitrogen and oxygen atoms in total. The second kappa shape index (κ2) is 12.4. The molecule has 0 aromatic carbocycles. The van der Waals surface area contributed by atoms with Gasteiger partial charge in [-0.2, -0.15) is 0 Å². The van der Waals surface area contributed by atoms with Crippen LogP contribution in [0.25, 0.3) is 0 Å². The highest BCUT2D eigenvalue weighted by Gasteiger charge is 2.22. The highest BCUT2D eigenvalue weighted by molar-refractivity contribution is 14.0. The molecule has 0 bridgehead atoms. The Morgan fingerprint density at radius 2 is 1.86 bits per heavy atom. The maximum absolute atomic E-state index is 12.0. The van der Waals surface area contributed by atoms with Gasteiger partial charge in [-0.05, 0) is 34.6 Å². The fourth-order valence-electron chi connectivity index (χ4n) is 3.62. The molecular weight excluding hydrogens is 483 g/mol. The van der Waals surface area contributed by atoms with Crippen molar-refractivity contribution in [2.45, 2.75) is 53.5 Å². The number of hydrogen-bond donors (Lipinski definition) is 2. The molecule has 0 radical (unpaired) electrons. The number of nitrogens with one attached hydrogen (secondary N) is 2. The lowest BCUT2D eigenvalue weighted by atomic mass is 10.00. The second-order valence-electron chi connectivity index (χ2n) is 7.82. The van der Waals surface area contributed by atoms with Gasteiger partial charge in [-0.1, -0.05) is 12.1 Å². The van der Waals surface area contributed by atoms with E-state index >= 15 is 0 Å². The zero-order valence-electron chi connectivity index (χ0n) is 18.6. The van der Waals surface area contributed by atoms with E-state index in [-0.39, 0.29) is 41.8 Å². The van der Waals surface area contributed by atoms with Crippen molar-refractivity contribution in [3.63, 3.8) is 0 Å². The standard InChI is InChI=1S/C20H36N6O2.HI/c1-7-21-20(22-12-15(4)19-16(5)24-28-17(19)6)26-10-8-25(9-11-26)13-18(27)23-14(2)3;/h14-15H,7-13H2,1-6H3,(H,21,22)(H,23,27);1H. The number of aryl methyl sites for hydroxylation is 2. The molecule has 1 aromatic rings. The second-order valence-corrected chi connectivity index (χ2v) is 7.82. The van der Waals surface area contributed by atoms with Crippen LogP contribution < -0.4 is 10.6 Å². The number of rotatable bonds is 7. The predicted molar refractivity (Wildman–Crippen MR) is 127 cm³/mol. The molecule has 0 spiro atoms. The maximum Gasteiger partial charge on any atom is 0.234 e. The zero-order valence-corrected chi connectivity index (χ0v) is 20.9. The van der Waals surface area contributed by atoms with Gasteiger partial charge in [0.25, 0.3) is 0 Å². The van der Waals surface area contributed by atoms with E-state index in [0.717, 1.165) is 55.7 Å². The van der Waals surface area contributed by atoms with Gasteiger partial charge in [0.15, 0.2) is 5.96 Å². The topological polar surface area (TPSA) is 86.0 Å². The molecule has 1 fully saturated rings. The van der Waals surface area contributed by atoms with Crippen LogP contribution >= 0.6 is 24.0 Å². The first kappa shape index (κ1) is 25.7. The SMILES string of the molecule is CCNC(=NCC(C)c1c(C)noc1C)N1CCN(CC(=O)NC(C)C)CC1.I. The molecule has 166 valence electrons. The number of carbonyl (C=O) groups excluding carboxylic acids is 1. The van der Waals surface area contributed by atoms with E-state index in [4.69, 9.17) is 9.52 Å². The molecule has 1 amide bonds. The fraction of sp³-hybridized carbons (Fsp3) is 0.750. The summed E-state index contributed by atoms with van der Waals surface area (Å²) in [6.07, 6.45) is 0. The molecule has 2 N–H and O–H groups in total. The normalized spacial score (nSPS) is 16.5. The van der Waals surface area contributed by atoms with E-state index in [1.807, 2.05) is 27.7 Å². The molecule has 1 saturated heterocycles. The molecule has 9 heteroatoms. The Morgan fingerprint density at radius 3 is 2.38 bits per heavy atom. The Morgan fingerprint density at radius 1 is 1.21 bits per heavy atom. The Kier molecular flexibility index (Phi) is 10.9. The van der Waals surface area contributed by atoms with Crippen molar-refractivity contribution in [3.8, 4) is 0 Å². The minimum Gasteiger partial charge on any atom is -0.361 e. The van der Waals surface area contributed by atoms with Crippen molar-refractivity contribution in [2.75, 3.05) is 45.8 Å². The van der Waals surface area contributed by atoms with E-state index in [1.54, 1.807) is 0 Å². The zero-order chi connectivity index (χ0) is 20.7. The highest BCUT2D eigenvalue weighted by atomic mass is 127. The molecule has 1 aromatic heterocycles. The molecule has 0 aliphatic carbocycles. The Hall–Kier alpha value is -1.36. The first-order chi connectivity index (χ1) is 13.3. The average Bonchev–Trinajstić information content (AvgIpc) is 2.97. The third-order valence-electron chi connectivity index (χ3n) is 4.92. The van der Waals surface area contributed by atoms with Crippen LogP contribution in [0.15, 0.2) is 9.52 Å². The van der Waals surface area contributed by atoms with Crippen LogP contribution in [0.2, 0.25) is 0 Å². The van der Waals surface area contributed by atoms with Crippen molar-refractivity contribution in [1.82, 2.24) is 25.6 Å². The molecule has 1 atom stereocenters. The van der Waals surface area contributed by atoms with Crippen LogP contribution in [0, 0.1) is 13.8 Å². The highest BCUT2D eigenvalue weighted by Crippen LogP contribution is 2.23. The molecule has 1 aliphatic heterocycles. The van der Waals surface area contributed by atoms with Gasteiger partial charge in [-0.25, -0.2) is 0 Å². The number of aliphatic imine (C=N–C) groups is 1. The molecule has 2 rings (SSSR count). The molecule has 1 unspecified atom stereocenters. The van der Waals surface area contributed by atoms with Gasteiger partial charge in [0, 0.05) is 56.8 Å². The third kappa shape index (κ3) is 7.76. The van der Waals surface area contributed by atoms with Crippen molar-refractivity contribution >= 4 is 35.8 Å². The van der Waals surface area contributed by atoms with E-state index in [2.05, 4.69) is 39.4 Å². The van der Waals surface area contributed by atoms with E-state index in [0.29, 0.717) is 13.1 Å². The van der Waals surface area contributed by atoms with Crippen molar-refractivity contribution in [2.24, 2.45) is 4.99 Å². The summed E-state index contributed by atoms with van der Waals surface area (Å²) < 4.78 is 5.29. The minimum atomic E-state index is 0. The van der Waals surface area contributed by atoms with Crippen LogP contribution in [0.1, 0.15) is 50.6 Å². The van der Waals surface area contributed by atoms with Gasteiger partial charge < -0.3 is 20.1 Å². The van der Waals surface area contributed by atoms with Crippen LogP contribution in [-0.2, 0) is 4.79 Å². The minimum absolute atomic E-state index is 0. The van der Waals surface area contributed by atoms with Crippen molar-refractivity contribution in [3.05, 3.63) is 17.0 Å². The predicted octanol–water partition coefficient (Wildman–Crippen LogP) is 2.12. The van der Waals surface area contributed by atoms with Gasteiger partial charge in [0.05, 0.1) is 12.2 Å². The first-order valence-electron chi connectivity index (χ1n) is 10.3. The monoisotopic (exact) mass is 520 g/mol. The van der Waals surface area contributed by atoms with Gasteiger partial charge in [0.2, 0.25) is 5.91 Å². The lowest BCUT2D eigenvalue weighted by molar-refractivity contribution is -0.123. The summed E-state index contributed by atoms with van der Waals surface area (Å²) in [5.41, 5.74) is 2.10. The van der Waals surface area contributed by atoms with Crippen LogP contribution in [0.3, 0.4) is 0 Å². The maximum atomic E-state index is 12.0. The number of hydrogen-bond acceptors (Lipinski definition) is 5. The van der Waals surface area contributed by atoms with Gasteiger partial charge >= 0.3 is 0 Å². The molecule has 1 aliphatic rings. The number of amides is 1. The van der Waals surface area contributed by atoms with E-state index in [9.17, 15) is 4.79 Å². The summed E-state index contributed by atoms with van der Waals surface area (Å²) in [6.45, 7) is 17.6. The van der Waals surface area contributed by atoms with Crippen molar-refractivity contribution < 1.29 is 9.32 Å². The number of nitrogens with zero attached hydrogens (tertiary/aromatic N) is 4. The molecular formula is C20H37IN6O2. The molecule has 0 saturated carbocycles. The largest absolute Gasteiger partial charge is 0.361 e. The first-order valence-corrected chi connectivity index (χ1v) is 10.3. The summed E-state index contributed by atoms with van der Waals surface area (Å²) in [5, 5.41) is 10.4. The van der Waals surface area contributed by atoms with Gasteiger partial charge in [0.1, 0.15) is 5.76 Å². The van der Waals surface area contributed by atoms with Gasteiger partial charge in [-0.3, -0.25) is 14.7 Å². The summed E-state index contributed by atoms with van der Waals surface area (Å²) in [6, 6.07) is 0.181. The number of piperazine rings is 1. The third-order valence-corrected chi connectivity index (χ3v) is 4.92. The number of aromatic nitrogens is 1. The lowest BCUT2D eigenvalue weighted by Crippen LogP contribution is -2.54. The summed E-state index contributed by atoms with van der Waals surface area (Å²) >= 11 is 0. The van der Waals surface area contributed by atoms with Gasteiger partial charge in [-0.15, -0.1) is 24.0 Å². The smallest absolute Gasteiger partial charge is 0.234 e.